The van der Waals surface area contributed by atoms with Gasteiger partial charge < -0.3 is 21.1 Å². The molecule has 12 heteroatoms. The number of anilines is 4. The van der Waals surface area contributed by atoms with Crippen molar-refractivity contribution in [2.45, 2.75) is 75.5 Å². The van der Waals surface area contributed by atoms with Gasteiger partial charge in [-0.05, 0) is 37.8 Å². The number of hydrogen-bond acceptors (Lipinski definition) is 9. The van der Waals surface area contributed by atoms with Crippen LogP contribution in [0.2, 0.25) is 0 Å². The van der Waals surface area contributed by atoms with Crippen LogP contribution in [0.3, 0.4) is 0 Å². The van der Waals surface area contributed by atoms with Crippen molar-refractivity contribution in [2.24, 2.45) is 0 Å². The molecule has 38 heavy (non-hydrogen) atoms. The number of nitrogens with one attached hydrogen (secondary N) is 3. The monoisotopic (exact) mass is 515 g/mol. The van der Waals surface area contributed by atoms with Gasteiger partial charge in [0.15, 0.2) is 11.3 Å². The SMILES string of the molecule is N#Cc1cnc2c(Nc3cccc(N4C(=O)NC5(CCCCC5)C4=O)n3)cc(N[C@@H]3CCCC[C@H]3O)nn12. The highest BCUT2D eigenvalue weighted by Gasteiger charge is 2.52. The Morgan fingerprint density at radius 2 is 1.92 bits per heavy atom. The van der Waals surface area contributed by atoms with Crippen LogP contribution in [0.1, 0.15) is 63.5 Å². The molecule has 1 aliphatic heterocycles. The summed E-state index contributed by atoms with van der Waals surface area (Å²) in [6.45, 7) is 0. The van der Waals surface area contributed by atoms with Gasteiger partial charge in [-0.2, -0.15) is 9.78 Å². The van der Waals surface area contributed by atoms with Crippen molar-refractivity contribution in [1.29, 1.82) is 5.26 Å². The zero-order valence-electron chi connectivity index (χ0n) is 20.9. The van der Waals surface area contributed by atoms with Gasteiger partial charge in [0.1, 0.15) is 29.1 Å². The van der Waals surface area contributed by atoms with E-state index in [1.54, 1.807) is 24.3 Å². The molecule has 0 unspecified atom stereocenters. The van der Waals surface area contributed by atoms with Crippen LogP contribution < -0.4 is 20.9 Å². The lowest BCUT2D eigenvalue weighted by Gasteiger charge is -2.30. The number of rotatable bonds is 5. The summed E-state index contributed by atoms with van der Waals surface area (Å²) in [6, 6.07) is 8.31. The molecule has 3 aliphatic rings. The standard InChI is InChI=1S/C26H29N9O3/c27-14-16-15-28-23-18(13-21(33-35(16)23)29-17-7-2-3-8-19(17)36)30-20-9-6-10-22(31-20)34-24(37)26(32-25(34)38)11-4-1-5-12-26/h6,9-10,13,15,17,19,36H,1-5,7-8,11-12H2,(H,29,33)(H,30,31)(H,32,38)/t17-,19-/m1/s1. The molecule has 0 aromatic carbocycles. The van der Waals surface area contributed by atoms with E-state index in [1.807, 2.05) is 0 Å². The fourth-order valence-corrected chi connectivity index (χ4v) is 5.75. The number of imide groups is 1. The van der Waals surface area contributed by atoms with Gasteiger partial charge in [0.05, 0.1) is 24.0 Å². The van der Waals surface area contributed by atoms with Gasteiger partial charge in [-0.1, -0.05) is 38.2 Å². The Kier molecular flexibility index (Phi) is 6.07. The molecule has 1 saturated heterocycles. The highest BCUT2D eigenvalue weighted by atomic mass is 16.3. The van der Waals surface area contributed by atoms with Gasteiger partial charge in [0.25, 0.3) is 5.91 Å². The molecule has 0 bridgehead atoms. The number of urea groups is 1. The summed E-state index contributed by atoms with van der Waals surface area (Å²) in [5.41, 5.74) is 0.361. The minimum absolute atomic E-state index is 0.149. The molecule has 12 nitrogen and oxygen atoms in total. The van der Waals surface area contributed by atoms with Crippen LogP contribution in [-0.2, 0) is 4.79 Å². The first-order valence-corrected chi connectivity index (χ1v) is 13.1. The molecule has 3 aromatic heterocycles. The van der Waals surface area contributed by atoms with Crippen LogP contribution in [0, 0.1) is 11.3 Å². The van der Waals surface area contributed by atoms with E-state index in [1.165, 1.54) is 10.7 Å². The minimum Gasteiger partial charge on any atom is -0.391 e. The first kappa shape index (κ1) is 24.1. The van der Waals surface area contributed by atoms with Crippen LogP contribution in [0.25, 0.3) is 5.65 Å². The van der Waals surface area contributed by atoms with Crippen molar-refractivity contribution in [3.05, 3.63) is 36.2 Å². The Balaban J connectivity index is 1.31. The minimum atomic E-state index is -0.842. The Morgan fingerprint density at radius 3 is 2.71 bits per heavy atom. The molecule has 4 heterocycles. The number of carbonyl (C=O) groups excluding carboxylic acids is 2. The maximum Gasteiger partial charge on any atom is 0.330 e. The number of pyridine rings is 1. The van der Waals surface area contributed by atoms with E-state index in [0.29, 0.717) is 35.8 Å². The average molecular weight is 516 g/mol. The van der Waals surface area contributed by atoms with Crippen LogP contribution in [0.4, 0.5) is 27.9 Å². The lowest BCUT2D eigenvalue weighted by atomic mass is 9.82. The highest BCUT2D eigenvalue weighted by Crippen LogP contribution is 2.36. The molecule has 2 atom stereocenters. The van der Waals surface area contributed by atoms with E-state index in [4.69, 9.17) is 0 Å². The quantitative estimate of drug-likeness (QED) is 0.374. The molecule has 3 fully saturated rings. The van der Waals surface area contributed by atoms with E-state index in [0.717, 1.165) is 49.8 Å². The molecule has 1 spiro atoms. The van der Waals surface area contributed by atoms with Crippen molar-refractivity contribution in [3.8, 4) is 6.07 Å². The summed E-state index contributed by atoms with van der Waals surface area (Å²) in [7, 11) is 0. The summed E-state index contributed by atoms with van der Waals surface area (Å²) in [5, 5.41) is 34.0. The Morgan fingerprint density at radius 1 is 1.11 bits per heavy atom. The van der Waals surface area contributed by atoms with E-state index in [9.17, 15) is 20.0 Å². The van der Waals surface area contributed by atoms with E-state index in [2.05, 4.69) is 37.1 Å². The number of aliphatic hydroxyl groups is 1. The van der Waals surface area contributed by atoms with Gasteiger partial charge in [0, 0.05) is 6.07 Å². The molecule has 2 aliphatic carbocycles. The molecular weight excluding hydrogens is 486 g/mol. The van der Waals surface area contributed by atoms with Gasteiger partial charge in [0.2, 0.25) is 0 Å². The smallest absolute Gasteiger partial charge is 0.330 e. The number of nitrogens with zero attached hydrogens (tertiary/aromatic N) is 6. The van der Waals surface area contributed by atoms with Crippen LogP contribution in [0.5, 0.6) is 0 Å². The van der Waals surface area contributed by atoms with Crippen molar-refractivity contribution in [2.75, 3.05) is 15.5 Å². The lowest BCUT2D eigenvalue weighted by Crippen LogP contribution is -2.48. The summed E-state index contributed by atoms with van der Waals surface area (Å²) in [5.74, 6) is 0.841. The van der Waals surface area contributed by atoms with Crippen molar-refractivity contribution in [1.82, 2.24) is 24.9 Å². The fourth-order valence-electron chi connectivity index (χ4n) is 5.75. The van der Waals surface area contributed by atoms with Gasteiger partial charge >= 0.3 is 6.03 Å². The predicted octanol–water partition coefficient (Wildman–Crippen LogP) is 3.21. The zero-order valence-corrected chi connectivity index (χ0v) is 20.9. The van der Waals surface area contributed by atoms with Crippen LogP contribution in [0.15, 0.2) is 30.5 Å². The number of nitriles is 1. The highest BCUT2D eigenvalue weighted by molar-refractivity contribution is 6.23. The van der Waals surface area contributed by atoms with E-state index in [-0.39, 0.29) is 23.5 Å². The summed E-state index contributed by atoms with van der Waals surface area (Å²) >= 11 is 0. The van der Waals surface area contributed by atoms with Gasteiger partial charge in [-0.3, -0.25) is 4.79 Å². The number of aliphatic hydroxyl groups excluding tert-OH is 1. The first-order valence-electron chi connectivity index (χ1n) is 13.1. The molecule has 2 saturated carbocycles. The maximum atomic E-state index is 13.3. The number of amides is 3. The molecule has 0 radical (unpaired) electrons. The molecule has 3 amide bonds. The fraction of sp³-hybridized carbons (Fsp3) is 0.462. The second-order valence-electron chi connectivity index (χ2n) is 10.3. The van der Waals surface area contributed by atoms with Crippen LogP contribution >= 0.6 is 0 Å². The second-order valence-corrected chi connectivity index (χ2v) is 10.3. The Bertz CT molecular complexity index is 1440. The molecule has 196 valence electrons. The Hall–Kier alpha value is -4.24. The summed E-state index contributed by atoms with van der Waals surface area (Å²) in [6.07, 6.45) is 8.61. The van der Waals surface area contributed by atoms with Crippen molar-refractivity contribution in [3.63, 3.8) is 0 Å². The first-order chi connectivity index (χ1) is 18.5. The summed E-state index contributed by atoms with van der Waals surface area (Å²) < 4.78 is 1.44. The topological polar surface area (TPSA) is 161 Å². The molecular formula is C26H29N9O3. The van der Waals surface area contributed by atoms with Crippen LogP contribution in [-0.4, -0.2) is 54.3 Å². The summed E-state index contributed by atoms with van der Waals surface area (Å²) in [4.78, 5) is 36.2. The Labute approximate surface area is 219 Å². The normalized spacial score (nSPS) is 22.9. The number of hydrogen-bond donors (Lipinski definition) is 4. The average Bonchev–Trinajstić information content (AvgIpc) is 3.44. The zero-order chi connectivity index (χ0) is 26.3. The number of carbonyl (C=O) groups is 2. The van der Waals surface area contributed by atoms with Crippen molar-refractivity contribution < 1.29 is 14.7 Å². The number of imidazole rings is 1. The van der Waals surface area contributed by atoms with E-state index < -0.39 is 17.7 Å². The second kappa shape index (κ2) is 9.57. The van der Waals surface area contributed by atoms with Gasteiger partial charge in [-0.15, -0.1) is 5.10 Å². The lowest BCUT2D eigenvalue weighted by molar-refractivity contribution is -0.123. The molecule has 3 aromatic rings. The largest absolute Gasteiger partial charge is 0.391 e. The molecule has 4 N–H and O–H groups in total. The van der Waals surface area contributed by atoms with Crippen molar-refractivity contribution >= 4 is 40.7 Å². The molecule has 6 rings (SSSR count). The van der Waals surface area contributed by atoms with Gasteiger partial charge in [-0.25, -0.2) is 19.7 Å². The predicted molar refractivity (Wildman–Crippen MR) is 139 cm³/mol. The third-order valence-electron chi connectivity index (χ3n) is 7.74. The number of fused-ring (bicyclic) bond motifs is 1. The third-order valence-corrected chi connectivity index (χ3v) is 7.74. The van der Waals surface area contributed by atoms with E-state index >= 15 is 0 Å². The third kappa shape index (κ3) is 4.18. The maximum absolute atomic E-state index is 13.3. The number of aromatic nitrogens is 4.